The smallest absolute Gasteiger partial charge is 0.471 e. The monoisotopic (exact) mass is 401 g/mol. The van der Waals surface area contributed by atoms with E-state index >= 15 is 0 Å². The summed E-state index contributed by atoms with van der Waals surface area (Å²) in [6.07, 6.45) is -1.95. The maximum atomic E-state index is 12.8. The normalized spacial score (nSPS) is 13.4. The number of carbonyl (C=O) groups excluding carboxylic acids is 2. The highest BCUT2D eigenvalue weighted by atomic mass is 19.4. The first-order valence-electron chi connectivity index (χ1n) is 8.22. The number of nitrogens with one attached hydrogen (secondary N) is 1. The van der Waals surface area contributed by atoms with E-state index < -0.39 is 24.0 Å². The molecule has 0 bridgehead atoms. The average molecular weight is 401 g/mol. The number of ether oxygens (including phenoxy) is 2. The van der Waals surface area contributed by atoms with Gasteiger partial charge in [-0.15, -0.1) is 0 Å². The summed E-state index contributed by atoms with van der Waals surface area (Å²) < 4.78 is 48.6. The van der Waals surface area contributed by atoms with Crippen LogP contribution in [0.3, 0.4) is 0 Å². The van der Waals surface area contributed by atoms with Crippen molar-refractivity contribution in [2.24, 2.45) is 0 Å². The van der Waals surface area contributed by atoms with Gasteiger partial charge < -0.3 is 19.9 Å². The number of hydrogen-bond donors (Lipinski definition) is 2. The van der Waals surface area contributed by atoms with Crippen LogP contribution >= 0.6 is 0 Å². The number of halogens is 3. The summed E-state index contributed by atoms with van der Waals surface area (Å²) >= 11 is 0. The number of esters is 1. The lowest BCUT2D eigenvalue weighted by Crippen LogP contribution is -2.31. The van der Waals surface area contributed by atoms with Gasteiger partial charge in [0.15, 0.2) is 0 Å². The van der Waals surface area contributed by atoms with Gasteiger partial charge >= 0.3 is 24.0 Å². The Balaban J connectivity index is 2.52. The second-order valence-corrected chi connectivity index (χ2v) is 6.00. The van der Waals surface area contributed by atoms with Gasteiger partial charge in [-0.05, 0) is 25.3 Å². The summed E-state index contributed by atoms with van der Waals surface area (Å²) in [5.74, 6) is -3.83. The number of amides is 1. The van der Waals surface area contributed by atoms with Gasteiger partial charge in [-0.2, -0.15) is 13.2 Å². The second kappa shape index (κ2) is 8.32. The lowest BCUT2D eigenvalue weighted by atomic mass is 9.94. The molecule has 0 aromatic heterocycles. The fourth-order valence-electron chi connectivity index (χ4n) is 2.90. The molecule has 1 aromatic carbocycles. The van der Waals surface area contributed by atoms with E-state index in [1.807, 2.05) is 0 Å². The lowest BCUT2D eigenvalue weighted by molar-refractivity contribution is -0.167. The molecule has 2 rings (SSSR count). The Bertz CT molecular complexity index is 845. The van der Waals surface area contributed by atoms with E-state index in [-0.39, 0.29) is 48.4 Å². The van der Waals surface area contributed by atoms with Crippen LogP contribution < -0.4 is 10.1 Å². The molecule has 0 fully saturated rings. The summed E-state index contributed by atoms with van der Waals surface area (Å²) in [5, 5.41) is 10.4. The first-order chi connectivity index (χ1) is 13.1. The molecule has 1 heterocycles. The third-order valence-electron chi connectivity index (χ3n) is 4.19. The number of hydrogen-bond acceptors (Lipinski definition) is 5. The van der Waals surface area contributed by atoms with Crippen LogP contribution in [-0.4, -0.2) is 36.2 Å². The molecule has 0 unspecified atom stereocenters. The minimum absolute atomic E-state index is 0.0116. The molecular weight excluding hydrogens is 383 g/mol. The van der Waals surface area contributed by atoms with Crippen LogP contribution in [0, 0.1) is 6.92 Å². The molecule has 152 valence electrons. The van der Waals surface area contributed by atoms with Gasteiger partial charge in [0, 0.05) is 17.5 Å². The Morgan fingerprint density at radius 1 is 1.32 bits per heavy atom. The maximum Gasteiger partial charge on any atom is 0.471 e. The number of methoxy groups -OCH3 is 1. The Morgan fingerprint density at radius 2 is 2.00 bits per heavy atom. The molecule has 7 nitrogen and oxygen atoms in total. The molecule has 0 saturated heterocycles. The number of alkyl halides is 3. The Kier molecular flexibility index (Phi) is 6.32. The van der Waals surface area contributed by atoms with Crippen molar-refractivity contribution in [3.8, 4) is 5.75 Å². The minimum atomic E-state index is -5.15. The van der Waals surface area contributed by atoms with Crippen LogP contribution in [0.15, 0.2) is 12.2 Å². The van der Waals surface area contributed by atoms with Crippen LogP contribution in [0.5, 0.6) is 5.75 Å². The Labute approximate surface area is 158 Å². The summed E-state index contributed by atoms with van der Waals surface area (Å²) in [7, 11) is 1.32. The van der Waals surface area contributed by atoms with Gasteiger partial charge in [0.25, 0.3) is 0 Å². The second-order valence-electron chi connectivity index (χ2n) is 6.00. The highest BCUT2D eigenvalue weighted by molar-refractivity contribution is 6.07. The van der Waals surface area contributed by atoms with E-state index in [4.69, 9.17) is 14.6 Å². The van der Waals surface area contributed by atoms with Crippen LogP contribution in [0.25, 0.3) is 0 Å². The van der Waals surface area contributed by atoms with Crippen molar-refractivity contribution in [2.75, 3.05) is 12.4 Å². The van der Waals surface area contributed by atoms with E-state index in [0.717, 1.165) is 0 Å². The van der Waals surface area contributed by atoms with E-state index in [2.05, 4.69) is 0 Å². The number of allylic oxidation sites excluding steroid dienone is 2. The van der Waals surface area contributed by atoms with Crippen molar-refractivity contribution in [3.05, 3.63) is 34.4 Å². The molecule has 1 aromatic rings. The largest absolute Gasteiger partial charge is 0.496 e. The lowest BCUT2D eigenvalue weighted by Gasteiger charge is -2.20. The number of benzene rings is 1. The number of carbonyl (C=O) groups is 3. The first-order valence-corrected chi connectivity index (χ1v) is 8.22. The number of rotatable bonds is 7. The predicted octanol–water partition coefficient (Wildman–Crippen LogP) is 3.14. The molecule has 0 radical (unpaired) electrons. The topological polar surface area (TPSA) is 102 Å². The van der Waals surface area contributed by atoms with Crippen molar-refractivity contribution < 1.29 is 42.1 Å². The fourth-order valence-corrected chi connectivity index (χ4v) is 2.90. The Hall–Kier alpha value is -3.04. The summed E-state index contributed by atoms with van der Waals surface area (Å²) in [6, 6.07) is 0. The molecule has 0 atom stereocenters. The molecule has 0 spiro atoms. The number of anilines is 1. The van der Waals surface area contributed by atoms with Crippen molar-refractivity contribution in [1.29, 1.82) is 0 Å². The molecular formula is C18H18F3NO6. The molecule has 0 aliphatic carbocycles. The summed E-state index contributed by atoms with van der Waals surface area (Å²) in [5.41, 5.74) is 0.581. The van der Waals surface area contributed by atoms with Crippen molar-refractivity contribution >= 4 is 23.5 Å². The summed E-state index contributed by atoms with van der Waals surface area (Å²) in [6.45, 7) is 1.49. The highest BCUT2D eigenvalue weighted by Gasteiger charge is 2.41. The number of aliphatic carboxylic acids is 1. The molecule has 28 heavy (non-hydrogen) atoms. The number of carboxylic acids is 1. The molecule has 1 amide bonds. The Morgan fingerprint density at radius 3 is 2.57 bits per heavy atom. The van der Waals surface area contributed by atoms with Gasteiger partial charge in [-0.25, -0.2) is 4.79 Å². The van der Waals surface area contributed by atoms with E-state index in [9.17, 15) is 27.6 Å². The molecule has 0 saturated carbocycles. The molecule has 10 heteroatoms. The van der Waals surface area contributed by atoms with Gasteiger partial charge in [-0.1, -0.05) is 12.2 Å². The summed E-state index contributed by atoms with van der Waals surface area (Å²) in [4.78, 5) is 34.2. The van der Waals surface area contributed by atoms with Crippen LogP contribution in [-0.2, 0) is 27.4 Å². The van der Waals surface area contributed by atoms with E-state index in [1.54, 1.807) is 18.3 Å². The third kappa shape index (κ3) is 4.44. The van der Waals surface area contributed by atoms with Crippen molar-refractivity contribution in [3.63, 3.8) is 0 Å². The molecule has 1 aliphatic rings. The fraction of sp³-hybridized carbons (Fsp3) is 0.389. The highest BCUT2D eigenvalue weighted by Crippen LogP contribution is 2.41. The molecule has 1 aliphatic heterocycles. The maximum absolute atomic E-state index is 12.8. The van der Waals surface area contributed by atoms with Gasteiger partial charge in [0.2, 0.25) is 0 Å². The number of cyclic esters (lactones) is 1. The average Bonchev–Trinajstić information content (AvgIpc) is 2.98. The first kappa shape index (κ1) is 21.3. The van der Waals surface area contributed by atoms with E-state index in [0.29, 0.717) is 11.1 Å². The minimum Gasteiger partial charge on any atom is -0.496 e. The zero-order valence-corrected chi connectivity index (χ0v) is 15.1. The number of carboxylic acid groups (broad SMARTS) is 1. The number of fused-ring (bicyclic) bond motifs is 1. The van der Waals surface area contributed by atoms with Gasteiger partial charge in [0.05, 0.1) is 18.4 Å². The van der Waals surface area contributed by atoms with Gasteiger partial charge in [-0.3, -0.25) is 9.59 Å². The zero-order chi connectivity index (χ0) is 21.1. The standard InChI is InChI=1S/C18H18F3NO6/c1-9-11-8-28-16(25)13(11)14(22-17(26)18(19,20)21)10(15(9)27-2)6-4-3-5-7-12(23)24/h3-4H,5-8H2,1-2H3,(H,22,26)(H,23,24)/b4-3+. The van der Waals surface area contributed by atoms with Crippen LogP contribution in [0.4, 0.5) is 18.9 Å². The predicted molar refractivity (Wildman–Crippen MR) is 91.2 cm³/mol. The van der Waals surface area contributed by atoms with Crippen LogP contribution in [0.1, 0.15) is 39.9 Å². The van der Waals surface area contributed by atoms with Gasteiger partial charge in [0.1, 0.15) is 12.4 Å². The SMILES string of the molecule is COc1c(C)c2c(c(NC(=O)C(F)(F)F)c1C/C=C/CCC(=O)O)C(=O)OC2. The zero-order valence-electron chi connectivity index (χ0n) is 15.1. The molecule has 2 N–H and O–H groups in total. The van der Waals surface area contributed by atoms with Crippen molar-refractivity contribution in [1.82, 2.24) is 0 Å². The third-order valence-corrected chi connectivity index (χ3v) is 4.19. The van der Waals surface area contributed by atoms with E-state index in [1.165, 1.54) is 13.2 Å². The van der Waals surface area contributed by atoms with Crippen molar-refractivity contribution in [2.45, 2.75) is 39.0 Å². The quantitative estimate of drug-likeness (QED) is 0.538. The van der Waals surface area contributed by atoms with Crippen LogP contribution in [0.2, 0.25) is 0 Å².